The van der Waals surface area contributed by atoms with Crippen molar-refractivity contribution in [2.24, 2.45) is 0 Å². The van der Waals surface area contributed by atoms with Gasteiger partial charge in [0, 0.05) is 54.8 Å². The van der Waals surface area contributed by atoms with Crippen molar-refractivity contribution in [3.05, 3.63) is 145 Å². The molecule has 0 fully saturated rings. The quantitative estimate of drug-likeness (QED) is 0.185. The lowest BCUT2D eigenvalue weighted by atomic mass is 9.90. The van der Waals surface area contributed by atoms with Gasteiger partial charge in [-0.05, 0) is 78.6 Å². The van der Waals surface area contributed by atoms with E-state index in [9.17, 15) is 0 Å². The van der Waals surface area contributed by atoms with Crippen LogP contribution < -0.4 is 0 Å². The third-order valence-corrected chi connectivity index (χ3v) is 9.58. The minimum absolute atomic E-state index is 0.880. The number of rotatable bonds is 3. The van der Waals surface area contributed by atoms with E-state index >= 15 is 0 Å². The van der Waals surface area contributed by atoms with Crippen molar-refractivity contribution in [3.8, 4) is 33.4 Å². The fourth-order valence-corrected chi connectivity index (χ4v) is 7.38. The van der Waals surface area contributed by atoms with Gasteiger partial charge in [0.05, 0.1) is 11.0 Å². The van der Waals surface area contributed by atoms with Crippen molar-refractivity contribution in [2.75, 3.05) is 0 Å². The molecule has 0 saturated carbocycles. The molecule has 4 aromatic heterocycles. The second-order valence-electron chi connectivity index (χ2n) is 12.7. The Bertz CT molecular complexity index is 2800. The third kappa shape index (κ3) is 4.02. The zero-order chi connectivity index (χ0) is 31.9. The molecule has 0 N–H and O–H groups in total. The highest BCUT2D eigenvalue weighted by Gasteiger charge is 2.19. The lowest BCUT2D eigenvalue weighted by molar-refractivity contribution is 0.670. The Morgan fingerprint density at radius 3 is 1.54 bits per heavy atom. The number of hydrogen-bond donors (Lipinski definition) is 0. The van der Waals surface area contributed by atoms with Crippen LogP contribution in [0.4, 0.5) is 0 Å². The summed E-state index contributed by atoms with van der Waals surface area (Å²) in [4.78, 5) is 9.96. The van der Waals surface area contributed by atoms with Crippen LogP contribution in [-0.4, -0.2) is 9.97 Å². The molecular weight excluding hydrogens is 588 g/mol. The normalized spacial score (nSPS) is 12.0. The number of furan rings is 2. The van der Waals surface area contributed by atoms with Gasteiger partial charge in [-0.3, -0.25) is 9.97 Å². The van der Waals surface area contributed by atoms with Gasteiger partial charge in [-0.25, -0.2) is 0 Å². The topological polar surface area (TPSA) is 52.1 Å². The van der Waals surface area contributed by atoms with E-state index in [1.54, 1.807) is 0 Å². The van der Waals surface area contributed by atoms with Crippen molar-refractivity contribution in [2.45, 2.75) is 13.8 Å². The summed E-state index contributed by atoms with van der Waals surface area (Å²) in [5.74, 6) is 0. The van der Waals surface area contributed by atoms with Crippen molar-refractivity contribution in [3.63, 3.8) is 0 Å². The molecule has 226 valence electrons. The van der Waals surface area contributed by atoms with Gasteiger partial charge in [0.15, 0.2) is 0 Å². The third-order valence-electron chi connectivity index (χ3n) is 9.58. The van der Waals surface area contributed by atoms with Gasteiger partial charge in [0.1, 0.15) is 22.3 Å². The van der Waals surface area contributed by atoms with Crippen LogP contribution in [-0.2, 0) is 0 Å². The number of aryl methyl sites for hydroxylation is 2. The van der Waals surface area contributed by atoms with Gasteiger partial charge in [0.2, 0.25) is 0 Å². The molecule has 6 aromatic carbocycles. The molecule has 4 heteroatoms. The molecule has 0 radical (unpaired) electrons. The molecule has 0 aliphatic carbocycles. The van der Waals surface area contributed by atoms with Crippen LogP contribution in [0.25, 0.3) is 99.1 Å². The SMILES string of the molecule is Cc1ccc2ccc3c(-c4cc(-c5cccc6c5oc5ccccc56)cc(-c5cccc6c5oc5ccccc56)c4)cc(C)nc3c2n1. The molecule has 0 saturated heterocycles. The maximum Gasteiger partial charge on any atom is 0.143 e. The number of pyridine rings is 2. The van der Waals surface area contributed by atoms with E-state index in [4.69, 9.17) is 18.8 Å². The Labute approximate surface area is 275 Å². The molecule has 0 unspecified atom stereocenters. The lowest BCUT2D eigenvalue weighted by Crippen LogP contribution is -1.94. The van der Waals surface area contributed by atoms with Gasteiger partial charge in [-0.2, -0.15) is 0 Å². The first-order valence-electron chi connectivity index (χ1n) is 16.2. The average molecular weight is 617 g/mol. The molecule has 0 aliphatic rings. The van der Waals surface area contributed by atoms with Crippen molar-refractivity contribution >= 4 is 65.7 Å². The maximum atomic E-state index is 6.55. The molecule has 10 aromatic rings. The Balaban J connectivity index is 1.30. The first kappa shape index (κ1) is 26.9. The zero-order valence-corrected chi connectivity index (χ0v) is 26.4. The summed E-state index contributed by atoms with van der Waals surface area (Å²) in [5, 5.41) is 6.59. The number of aromatic nitrogens is 2. The van der Waals surface area contributed by atoms with Crippen molar-refractivity contribution in [1.29, 1.82) is 0 Å². The monoisotopic (exact) mass is 616 g/mol. The molecule has 0 spiro atoms. The molecule has 4 nitrogen and oxygen atoms in total. The first-order chi connectivity index (χ1) is 23.6. The predicted octanol–water partition coefficient (Wildman–Crippen LogP) is 12.2. The van der Waals surface area contributed by atoms with Gasteiger partial charge < -0.3 is 8.83 Å². The first-order valence-corrected chi connectivity index (χ1v) is 16.2. The summed E-state index contributed by atoms with van der Waals surface area (Å²) in [6.45, 7) is 4.09. The molecule has 10 rings (SSSR count). The number of para-hydroxylation sites is 4. The fourth-order valence-electron chi connectivity index (χ4n) is 7.38. The van der Waals surface area contributed by atoms with Crippen LogP contribution in [0.1, 0.15) is 11.4 Å². The minimum atomic E-state index is 0.880. The number of benzene rings is 6. The summed E-state index contributed by atoms with van der Waals surface area (Å²) < 4.78 is 13.1. The Hall–Kier alpha value is -6.26. The van der Waals surface area contributed by atoms with Crippen LogP contribution in [0.15, 0.2) is 142 Å². The highest BCUT2D eigenvalue weighted by atomic mass is 16.3. The summed E-state index contributed by atoms with van der Waals surface area (Å²) in [7, 11) is 0. The van der Waals surface area contributed by atoms with Gasteiger partial charge in [-0.15, -0.1) is 0 Å². The highest BCUT2D eigenvalue weighted by Crippen LogP contribution is 2.43. The van der Waals surface area contributed by atoms with E-state index in [2.05, 4.69) is 116 Å². The summed E-state index contributed by atoms with van der Waals surface area (Å²) >= 11 is 0. The Morgan fingerprint density at radius 2 is 0.917 bits per heavy atom. The lowest BCUT2D eigenvalue weighted by Gasteiger charge is -2.15. The van der Waals surface area contributed by atoms with E-state index in [1.165, 1.54) is 0 Å². The van der Waals surface area contributed by atoms with Crippen LogP contribution in [0.5, 0.6) is 0 Å². The minimum Gasteiger partial charge on any atom is -0.455 e. The van der Waals surface area contributed by atoms with Gasteiger partial charge in [0.25, 0.3) is 0 Å². The number of fused-ring (bicyclic) bond motifs is 9. The molecule has 0 aliphatic heterocycles. The zero-order valence-electron chi connectivity index (χ0n) is 26.4. The molecule has 0 amide bonds. The van der Waals surface area contributed by atoms with Crippen molar-refractivity contribution in [1.82, 2.24) is 9.97 Å². The van der Waals surface area contributed by atoms with Gasteiger partial charge in [-0.1, -0.05) is 91.0 Å². The second kappa shape index (κ2) is 10.1. The smallest absolute Gasteiger partial charge is 0.143 e. The Kier molecular flexibility index (Phi) is 5.67. The molecule has 4 heterocycles. The largest absolute Gasteiger partial charge is 0.455 e. The van der Waals surface area contributed by atoms with Gasteiger partial charge >= 0.3 is 0 Å². The average Bonchev–Trinajstić information content (AvgIpc) is 3.70. The molecule has 0 atom stereocenters. The molecular formula is C44H28N2O2. The summed E-state index contributed by atoms with van der Waals surface area (Å²) in [6, 6.07) is 46.9. The van der Waals surface area contributed by atoms with E-state index in [0.717, 1.165) is 110 Å². The van der Waals surface area contributed by atoms with Crippen LogP contribution in [0.3, 0.4) is 0 Å². The molecule has 48 heavy (non-hydrogen) atoms. The van der Waals surface area contributed by atoms with Crippen LogP contribution in [0.2, 0.25) is 0 Å². The van der Waals surface area contributed by atoms with E-state index in [1.807, 2.05) is 31.2 Å². The summed E-state index contributed by atoms with van der Waals surface area (Å²) in [6.07, 6.45) is 0. The highest BCUT2D eigenvalue weighted by molar-refractivity contribution is 6.13. The second-order valence-corrected chi connectivity index (χ2v) is 12.7. The van der Waals surface area contributed by atoms with Crippen molar-refractivity contribution < 1.29 is 8.83 Å². The Morgan fingerprint density at radius 1 is 0.396 bits per heavy atom. The number of nitrogens with zero attached hydrogens (tertiary/aromatic N) is 2. The number of hydrogen-bond acceptors (Lipinski definition) is 4. The maximum absolute atomic E-state index is 6.55. The van der Waals surface area contributed by atoms with E-state index in [0.29, 0.717) is 0 Å². The summed E-state index contributed by atoms with van der Waals surface area (Å²) in [5.41, 5.74) is 13.7. The van der Waals surface area contributed by atoms with Crippen LogP contribution >= 0.6 is 0 Å². The predicted molar refractivity (Wildman–Crippen MR) is 197 cm³/mol. The van der Waals surface area contributed by atoms with E-state index < -0.39 is 0 Å². The fraction of sp³-hybridized carbons (Fsp3) is 0.0455. The van der Waals surface area contributed by atoms with Crippen LogP contribution in [0, 0.1) is 13.8 Å². The standard InChI is InChI=1S/C44H28N2O2/c1-25-17-18-27-19-20-35-38(21-26(2)46-42(35)41(27)45-25)30-23-28(31-11-7-13-36-33-9-3-5-15-39(33)47-43(31)36)22-29(24-30)32-12-8-14-37-34-10-4-6-16-40(34)48-44(32)37/h3-24H,1-2H3. The van der Waals surface area contributed by atoms with E-state index in [-0.39, 0.29) is 0 Å². The molecule has 0 bridgehead atoms.